The molecule has 4 nitrogen and oxygen atoms in total. The molecule has 0 atom stereocenters. The maximum Gasteiger partial charge on any atom is 0.247 e. The van der Waals surface area contributed by atoms with Crippen molar-refractivity contribution >= 4 is 40.5 Å². The third-order valence-electron chi connectivity index (χ3n) is 2.92. The van der Waals surface area contributed by atoms with Crippen molar-refractivity contribution in [3.05, 3.63) is 63.4 Å². The summed E-state index contributed by atoms with van der Waals surface area (Å²) in [5, 5.41) is 12.9. The lowest BCUT2D eigenvalue weighted by Crippen LogP contribution is -2.00. The molecule has 0 aliphatic rings. The second-order valence-electron chi connectivity index (χ2n) is 4.49. The molecule has 0 spiro atoms. The topological polar surface area (TPSA) is 51.0 Å². The second kappa shape index (κ2) is 6.57. The third-order valence-corrected chi connectivity index (χ3v) is 3.72. The molecule has 1 heterocycles. The van der Waals surface area contributed by atoms with Crippen LogP contribution in [0.2, 0.25) is 15.1 Å². The van der Waals surface area contributed by atoms with Crippen LogP contribution in [-0.2, 0) is 6.54 Å². The molecule has 2 aromatic carbocycles. The van der Waals surface area contributed by atoms with Gasteiger partial charge < -0.3 is 9.73 Å². The minimum Gasteiger partial charge on any atom is -0.419 e. The van der Waals surface area contributed by atoms with Gasteiger partial charge in [0.15, 0.2) is 0 Å². The van der Waals surface area contributed by atoms with E-state index in [1.165, 1.54) is 0 Å². The maximum absolute atomic E-state index is 6.09. The van der Waals surface area contributed by atoms with Gasteiger partial charge in [-0.1, -0.05) is 34.8 Å². The van der Waals surface area contributed by atoms with Crippen molar-refractivity contribution in [2.75, 3.05) is 5.32 Å². The van der Waals surface area contributed by atoms with Crippen molar-refractivity contribution in [2.24, 2.45) is 0 Å². The highest BCUT2D eigenvalue weighted by Gasteiger charge is 2.09. The largest absolute Gasteiger partial charge is 0.419 e. The Morgan fingerprint density at radius 1 is 0.909 bits per heavy atom. The van der Waals surface area contributed by atoms with Crippen LogP contribution in [0.25, 0.3) is 11.5 Å². The highest BCUT2D eigenvalue weighted by atomic mass is 35.5. The molecule has 0 saturated heterocycles. The van der Waals surface area contributed by atoms with Gasteiger partial charge in [-0.15, -0.1) is 10.2 Å². The molecule has 3 rings (SSSR count). The van der Waals surface area contributed by atoms with Crippen molar-refractivity contribution in [1.29, 1.82) is 0 Å². The summed E-state index contributed by atoms with van der Waals surface area (Å²) in [5.74, 6) is 0.895. The zero-order chi connectivity index (χ0) is 15.5. The van der Waals surface area contributed by atoms with Crippen LogP contribution in [0.3, 0.4) is 0 Å². The number of nitrogens with zero attached hydrogens (tertiary/aromatic N) is 2. The minimum atomic E-state index is 0.363. The third kappa shape index (κ3) is 3.53. The van der Waals surface area contributed by atoms with Crippen molar-refractivity contribution < 1.29 is 4.42 Å². The molecular formula is C15H10Cl3N3O. The smallest absolute Gasteiger partial charge is 0.247 e. The minimum absolute atomic E-state index is 0.363. The van der Waals surface area contributed by atoms with Gasteiger partial charge in [0.2, 0.25) is 11.8 Å². The first-order valence-corrected chi connectivity index (χ1v) is 7.52. The summed E-state index contributed by atoms with van der Waals surface area (Å²) in [4.78, 5) is 0. The number of rotatable bonds is 4. The number of hydrogen-bond donors (Lipinski definition) is 1. The van der Waals surface area contributed by atoms with E-state index in [9.17, 15) is 0 Å². The maximum atomic E-state index is 6.09. The van der Waals surface area contributed by atoms with E-state index in [2.05, 4.69) is 15.5 Å². The Hall–Kier alpha value is -1.75. The average Bonchev–Trinajstić information content (AvgIpc) is 2.96. The van der Waals surface area contributed by atoms with Crippen LogP contribution in [-0.4, -0.2) is 10.2 Å². The second-order valence-corrected chi connectivity index (χ2v) is 5.77. The van der Waals surface area contributed by atoms with Crippen LogP contribution >= 0.6 is 34.8 Å². The Morgan fingerprint density at radius 3 is 2.36 bits per heavy atom. The summed E-state index contributed by atoms with van der Waals surface area (Å²) in [6.07, 6.45) is 0. The van der Waals surface area contributed by atoms with Gasteiger partial charge >= 0.3 is 0 Å². The Morgan fingerprint density at radius 2 is 1.64 bits per heavy atom. The molecule has 3 aromatic rings. The van der Waals surface area contributed by atoms with E-state index in [1.807, 2.05) is 12.1 Å². The van der Waals surface area contributed by atoms with Crippen LogP contribution in [0.15, 0.2) is 46.9 Å². The first-order chi connectivity index (χ1) is 10.6. The molecule has 22 heavy (non-hydrogen) atoms. The van der Waals surface area contributed by atoms with Gasteiger partial charge in [0.05, 0.1) is 17.3 Å². The van der Waals surface area contributed by atoms with Crippen LogP contribution in [0.5, 0.6) is 0 Å². The van der Waals surface area contributed by atoms with E-state index in [0.29, 0.717) is 33.4 Å². The number of anilines is 1. The van der Waals surface area contributed by atoms with E-state index < -0.39 is 0 Å². The summed E-state index contributed by atoms with van der Waals surface area (Å²) < 4.78 is 5.60. The van der Waals surface area contributed by atoms with Gasteiger partial charge in [0.1, 0.15) is 0 Å². The van der Waals surface area contributed by atoms with Crippen molar-refractivity contribution in [3.8, 4) is 11.5 Å². The predicted molar refractivity (Wildman–Crippen MR) is 88.5 cm³/mol. The van der Waals surface area contributed by atoms with Crippen molar-refractivity contribution in [3.63, 3.8) is 0 Å². The highest BCUT2D eigenvalue weighted by Crippen LogP contribution is 2.26. The standard InChI is InChI=1S/C15H10Cl3N3O/c16-10-3-1-9(2-4-10)15-21-20-14(22-15)8-19-13-6-5-11(17)7-12(13)18/h1-7,19H,8H2. The Labute approximate surface area is 142 Å². The lowest BCUT2D eigenvalue weighted by atomic mass is 10.2. The van der Waals surface area contributed by atoms with E-state index in [-0.39, 0.29) is 0 Å². The molecule has 0 aliphatic carbocycles. The normalized spacial score (nSPS) is 10.7. The summed E-state index contributed by atoms with van der Waals surface area (Å²) in [6, 6.07) is 12.4. The summed E-state index contributed by atoms with van der Waals surface area (Å²) in [5.41, 5.74) is 1.56. The number of benzene rings is 2. The van der Waals surface area contributed by atoms with Crippen molar-refractivity contribution in [2.45, 2.75) is 6.54 Å². The molecule has 0 bridgehead atoms. The molecule has 1 N–H and O–H groups in total. The summed E-state index contributed by atoms with van der Waals surface area (Å²) in [7, 11) is 0. The molecule has 0 fully saturated rings. The Kier molecular flexibility index (Phi) is 4.52. The van der Waals surface area contributed by atoms with Crippen LogP contribution in [0.4, 0.5) is 5.69 Å². The first kappa shape index (κ1) is 15.2. The van der Waals surface area contributed by atoms with Gasteiger partial charge in [-0.25, -0.2) is 0 Å². The van der Waals surface area contributed by atoms with E-state index in [1.54, 1.807) is 30.3 Å². The molecule has 0 radical (unpaired) electrons. The first-order valence-electron chi connectivity index (χ1n) is 6.39. The zero-order valence-corrected chi connectivity index (χ0v) is 13.5. The number of nitrogens with one attached hydrogen (secondary N) is 1. The molecule has 7 heteroatoms. The van der Waals surface area contributed by atoms with Gasteiger partial charge in [0, 0.05) is 15.6 Å². The lowest BCUT2D eigenvalue weighted by molar-refractivity contribution is 0.515. The number of halogens is 3. The lowest BCUT2D eigenvalue weighted by Gasteiger charge is -2.05. The molecule has 0 aliphatic heterocycles. The monoisotopic (exact) mass is 353 g/mol. The predicted octanol–water partition coefficient (Wildman–Crippen LogP) is 5.31. The molecule has 0 unspecified atom stereocenters. The molecule has 0 saturated carbocycles. The van der Waals surface area contributed by atoms with Gasteiger partial charge in [-0.2, -0.15) is 0 Å². The fourth-order valence-corrected chi connectivity index (χ4v) is 2.44. The fraction of sp³-hybridized carbons (Fsp3) is 0.0667. The molecular weight excluding hydrogens is 345 g/mol. The zero-order valence-electron chi connectivity index (χ0n) is 11.2. The Bertz CT molecular complexity index is 787. The fourth-order valence-electron chi connectivity index (χ4n) is 1.84. The van der Waals surface area contributed by atoms with Gasteiger partial charge in [-0.05, 0) is 42.5 Å². The highest BCUT2D eigenvalue weighted by molar-refractivity contribution is 6.36. The van der Waals surface area contributed by atoms with Crippen LogP contribution in [0.1, 0.15) is 5.89 Å². The Balaban J connectivity index is 1.70. The van der Waals surface area contributed by atoms with E-state index >= 15 is 0 Å². The molecule has 1 aromatic heterocycles. The quantitative estimate of drug-likeness (QED) is 0.690. The summed E-state index contributed by atoms with van der Waals surface area (Å²) >= 11 is 17.8. The number of hydrogen-bond acceptors (Lipinski definition) is 4. The molecule has 0 amide bonds. The van der Waals surface area contributed by atoms with Gasteiger partial charge in [-0.3, -0.25) is 0 Å². The van der Waals surface area contributed by atoms with Crippen molar-refractivity contribution in [1.82, 2.24) is 10.2 Å². The SMILES string of the molecule is Clc1ccc(-c2nnc(CNc3ccc(Cl)cc3Cl)o2)cc1. The summed E-state index contributed by atoms with van der Waals surface area (Å²) in [6.45, 7) is 0.363. The van der Waals surface area contributed by atoms with Gasteiger partial charge in [0.25, 0.3) is 0 Å². The average molecular weight is 355 g/mol. The van der Waals surface area contributed by atoms with E-state index in [0.717, 1.165) is 11.3 Å². The van der Waals surface area contributed by atoms with Crippen LogP contribution < -0.4 is 5.32 Å². The van der Waals surface area contributed by atoms with Crippen LogP contribution in [0, 0.1) is 0 Å². The van der Waals surface area contributed by atoms with E-state index in [4.69, 9.17) is 39.2 Å². The molecule has 112 valence electrons. The number of aromatic nitrogens is 2.